The largest absolute Gasteiger partial charge is 0.491 e. The maximum absolute atomic E-state index is 12.5. The van der Waals surface area contributed by atoms with Gasteiger partial charge in [0.05, 0.1) is 17.9 Å². The highest BCUT2D eigenvalue weighted by Gasteiger charge is 2.13. The van der Waals surface area contributed by atoms with Gasteiger partial charge < -0.3 is 20.1 Å². The second-order valence-corrected chi connectivity index (χ2v) is 5.57. The fourth-order valence-corrected chi connectivity index (χ4v) is 2.31. The average Bonchev–Trinajstić information content (AvgIpc) is 2.70. The molecular formula is C21H24N2O4. The maximum atomic E-state index is 12.5. The number of anilines is 1. The van der Waals surface area contributed by atoms with Crippen LogP contribution in [0.4, 0.5) is 5.69 Å². The minimum atomic E-state index is -0.306. The minimum Gasteiger partial charge on any atom is -0.491 e. The molecule has 0 saturated heterocycles. The highest BCUT2D eigenvalue weighted by molar-refractivity contribution is 6.09. The van der Waals surface area contributed by atoms with Crippen LogP contribution in [0.25, 0.3) is 0 Å². The van der Waals surface area contributed by atoms with E-state index < -0.39 is 0 Å². The molecule has 2 aromatic rings. The number of nitrogens with one attached hydrogen (secondary N) is 2. The monoisotopic (exact) mass is 368 g/mol. The molecule has 0 saturated carbocycles. The summed E-state index contributed by atoms with van der Waals surface area (Å²) in [6.45, 7) is 7.46. The third kappa shape index (κ3) is 6.27. The maximum Gasteiger partial charge on any atom is 0.255 e. The molecule has 0 fully saturated rings. The van der Waals surface area contributed by atoms with Crippen LogP contribution in [0.1, 0.15) is 27.6 Å². The van der Waals surface area contributed by atoms with Crippen molar-refractivity contribution in [3.63, 3.8) is 0 Å². The zero-order valence-electron chi connectivity index (χ0n) is 15.4. The molecule has 0 bridgehead atoms. The number of benzene rings is 2. The van der Waals surface area contributed by atoms with Crippen molar-refractivity contribution in [3.05, 3.63) is 72.3 Å². The lowest BCUT2D eigenvalue weighted by molar-refractivity contribution is 0.0959. The van der Waals surface area contributed by atoms with Crippen LogP contribution in [-0.2, 0) is 4.74 Å². The van der Waals surface area contributed by atoms with Gasteiger partial charge in [0, 0.05) is 18.7 Å². The summed E-state index contributed by atoms with van der Waals surface area (Å²) in [6, 6.07) is 13.6. The summed E-state index contributed by atoms with van der Waals surface area (Å²) in [7, 11) is 0. The molecule has 0 atom stereocenters. The van der Waals surface area contributed by atoms with Gasteiger partial charge in [-0.2, -0.15) is 0 Å². The molecule has 0 unspecified atom stereocenters. The second kappa shape index (κ2) is 10.8. The third-order valence-electron chi connectivity index (χ3n) is 3.64. The first-order chi connectivity index (χ1) is 13.2. The fourth-order valence-electron chi connectivity index (χ4n) is 2.31. The van der Waals surface area contributed by atoms with Gasteiger partial charge in [-0.25, -0.2) is 0 Å². The molecule has 0 spiro atoms. The zero-order valence-corrected chi connectivity index (χ0v) is 15.4. The van der Waals surface area contributed by atoms with Crippen LogP contribution in [0.3, 0.4) is 0 Å². The molecule has 0 radical (unpaired) electrons. The molecule has 2 rings (SSSR count). The molecule has 0 heterocycles. The highest BCUT2D eigenvalue weighted by Crippen LogP contribution is 2.18. The lowest BCUT2D eigenvalue weighted by Gasteiger charge is -2.11. The zero-order chi connectivity index (χ0) is 19.5. The predicted octanol–water partition coefficient (Wildman–Crippen LogP) is 3.27. The first kappa shape index (κ1) is 20.2. The predicted molar refractivity (Wildman–Crippen MR) is 105 cm³/mol. The van der Waals surface area contributed by atoms with Crippen LogP contribution in [0.15, 0.2) is 61.2 Å². The Balaban J connectivity index is 2.01. The summed E-state index contributed by atoms with van der Waals surface area (Å²) < 4.78 is 10.7. The van der Waals surface area contributed by atoms with Gasteiger partial charge in [0.25, 0.3) is 11.8 Å². The Kier molecular flexibility index (Phi) is 8.06. The SMILES string of the molecule is C=CCNC(=O)c1ccccc1NC(=O)c1ccc(OCCOCC)cc1. The lowest BCUT2D eigenvalue weighted by Crippen LogP contribution is -2.25. The number of carbonyl (C=O) groups is 2. The summed E-state index contributed by atoms with van der Waals surface area (Å²) in [5, 5.41) is 5.48. The van der Waals surface area contributed by atoms with Crippen LogP contribution in [0.2, 0.25) is 0 Å². The summed E-state index contributed by atoms with van der Waals surface area (Å²) in [6.07, 6.45) is 1.59. The van der Waals surface area contributed by atoms with E-state index in [4.69, 9.17) is 9.47 Å². The molecule has 27 heavy (non-hydrogen) atoms. The molecule has 2 aromatic carbocycles. The summed E-state index contributed by atoms with van der Waals surface area (Å²) in [5.74, 6) is 0.0825. The van der Waals surface area contributed by atoms with Gasteiger partial charge in [-0.15, -0.1) is 6.58 Å². The van der Waals surface area contributed by atoms with Crippen LogP contribution in [-0.4, -0.2) is 38.2 Å². The fraction of sp³-hybridized carbons (Fsp3) is 0.238. The van der Waals surface area contributed by atoms with Crippen molar-refractivity contribution < 1.29 is 19.1 Å². The third-order valence-corrected chi connectivity index (χ3v) is 3.64. The first-order valence-electron chi connectivity index (χ1n) is 8.75. The van der Waals surface area contributed by atoms with Gasteiger partial charge in [0.2, 0.25) is 0 Å². The quantitative estimate of drug-likeness (QED) is 0.498. The smallest absolute Gasteiger partial charge is 0.255 e. The van der Waals surface area contributed by atoms with Crippen LogP contribution >= 0.6 is 0 Å². The van der Waals surface area contributed by atoms with E-state index in [1.54, 1.807) is 54.6 Å². The van der Waals surface area contributed by atoms with E-state index in [9.17, 15) is 9.59 Å². The van der Waals surface area contributed by atoms with E-state index in [-0.39, 0.29) is 11.8 Å². The number of carbonyl (C=O) groups excluding carboxylic acids is 2. The van der Waals surface area contributed by atoms with E-state index >= 15 is 0 Å². The standard InChI is InChI=1S/C21H24N2O4/c1-3-13-22-21(25)18-7-5-6-8-19(18)23-20(24)16-9-11-17(12-10-16)27-15-14-26-4-2/h3,5-12H,1,4,13-15H2,2H3,(H,22,25)(H,23,24). The van der Waals surface area contributed by atoms with Gasteiger partial charge in [-0.3, -0.25) is 9.59 Å². The van der Waals surface area contributed by atoms with Gasteiger partial charge >= 0.3 is 0 Å². The Morgan fingerprint density at radius 1 is 1.04 bits per heavy atom. The lowest BCUT2D eigenvalue weighted by atomic mass is 10.1. The average molecular weight is 368 g/mol. The van der Waals surface area contributed by atoms with Crippen molar-refractivity contribution in [2.75, 3.05) is 31.7 Å². The minimum absolute atomic E-state index is 0.274. The van der Waals surface area contributed by atoms with Crippen molar-refractivity contribution in [2.24, 2.45) is 0 Å². The number of amides is 2. The molecule has 0 aliphatic heterocycles. The Labute approximate surface area is 159 Å². The Morgan fingerprint density at radius 2 is 1.78 bits per heavy atom. The number of rotatable bonds is 10. The number of ether oxygens (including phenoxy) is 2. The van der Waals surface area contributed by atoms with E-state index in [2.05, 4.69) is 17.2 Å². The highest BCUT2D eigenvalue weighted by atomic mass is 16.5. The summed E-state index contributed by atoms with van der Waals surface area (Å²) in [5.41, 5.74) is 1.30. The summed E-state index contributed by atoms with van der Waals surface area (Å²) in [4.78, 5) is 24.7. The Hall–Kier alpha value is -3.12. The Morgan fingerprint density at radius 3 is 2.48 bits per heavy atom. The molecule has 6 nitrogen and oxygen atoms in total. The van der Waals surface area contributed by atoms with Gasteiger partial charge in [-0.05, 0) is 43.3 Å². The van der Waals surface area contributed by atoms with Crippen molar-refractivity contribution in [2.45, 2.75) is 6.92 Å². The van der Waals surface area contributed by atoms with E-state index in [0.29, 0.717) is 48.9 Å². The normalized spacial score (nSPS) is 10.1. The van der Waals surface area contributed by atoms with E-state index in [1.807, 2.05) is 6.92 Å². The molecule has 2 amide bonds. The molecule has 0 aliphatic carbocycles. The molecule has 0 aliphatic rings. The molecule has 6 heteroatoms. The molecule has 142 valence electrons. The second-order valence-electron chi connectivity index (χ2n) is 5.57. The van der Waals surface area contributed by atoms with Crippen molar-refractivity contribution in [1.82, 2.24) is 5.32 Å². The van der Waals surface area contributed by atoms with Crippen molar-refractivity contribution >= 4 is 17.5 Å². The number of hydrogen-bond donors (Lipinski definition) is 2. The van der Waals surface area contributed by atoms with E-state index in [0.717, 1.165) is 0 Å². The van der Waals surface area contributed by atoms with Crippen LogP contribution in [0.5, 0.6) is 5.75 Å². The molecule has 2 N–H and O–H groups in total. The molecular weight excluding hydrogens is 344 g/mol. The van der Waals surface area contributed by atoms with Crippen LogP contribution in [0, 0.1) is 0 Å². The Bertz CT molecular complexity index is 772. The first-order valence-corrected chi connectivity index (χ1v) is 8.75. The van der Waals surface area contributed by atoms with Gasteiger partial charge in [0.1, 0.15) is 12.4 Å². The van der Waals surface area contributed by atoms with Crippen molar-refractivity contribution in [1.29, 1.82) is 0 Å². The number of para-hydroxylation sites is 1. The van der Waals surface area contributed by atoms with Gasteiger partial charge in [0.15, 0.2) is 0 Å². The van der Waals surface area contributed by atoms with Crippen LogP contribution < -0.4 is 15.4 Å². The van der Waals surface area contributed by atoms with Crippen molar-refractivity contribution in [3.8, 4) is 5.75 Å². The molecule has 0 aromatic heterocycles. The topological polar surface area (TPSA) is 76.7 Å². The summed E-state index contributed by atoms with van der Waals surface area (Å²) >= 11 is 0. The van der Waals surface area contributed by atoms with E-state index in [1.165, 1.54) is 0 Å². The van der Waals surface area contributed by atoms with Gasteiger partial charge in [-0.1, -0.05) is 18.2 Å². The number of hydrogen-bond acceptors (Lipinski definition) is 4.